The van der Waals surface area contributed by atoms with Crippen LogP contribution in [-0.2, 0) is 4.79 Å². The first-order valence-electron chi connectivity index (χ1n) is 9.41. The zero-order valence-electron chi connectivity index (χ0n) is 16.4. The normalized spacial score (nSPS) is 15.0. The number of thiocarbonyl (C=S) groups is 1. The predicted molar refractivity (Wildman–Crippen MR) is 124 cm³/mol. The van der Waals surface area contributed by atoms with Gasteiger partial charge in [0.05, 0.1) is 22.8 Å². The maximum absolute atomic E-state index is 13.1. The molecule has 156 valence electrons. The fourth-order valence-electron chi connectivity index (χ4n) is 3.09. The van der Waals surface area contributed by atoms with E-state index in [0.717, 1.165) is 5.56 Å². The highest BCUT2D eigenvalue weighted by Crippen LogP contribution is 2.40. The monoisotopic (exact) mass is 451 g/mol. The molecular weight excluding hydrogens is 434 g/mol. The van der Waals surface area contributed by atoms with Gasteiger partial charge in [-0.2, -0.15) is 0 Å². The van der Waals surface area contributed by atoms with Gasteiger partial charge in [-0.05, 0) is 43.3 Å². The Labute approximate surface area is 188 Å². The molecule has 31 heavy (non-hydrogen) atoms. The highest BCUT2D eigenvalue weighted by Gasteiger charge is 2.35. The van der Waals surface area contributed by atoms with E-state index < -0.39 is 5.97 Å². The summed E-state index contributed by atoms with van der Waals surface area (Å²) in [5.74, 6) is 0.425. The van der Waals surface area contributed by atoms with E-state index in [1.54, 1.807) is 42.5 Å². The van der Waals surface area contributed by atoms with E-state index in [9.17, 15) is 9.59 Å². The molecule has 4 rings (SSSR count). The Morgan fingerprint density at radius 1 is 1.16 bits per heavy atom. The molecule has 0 unspecified atom stereocenters. The van der Waals surface area contributed by atoms with Crippen molar-refractivity contribution in [3.05, 3.63) is 76.9 Å². The van der Waals surface area contributed by atoms with Gasteiger partial charge >= 0.3 is 5.97 Å². The van der Waals surface area contributed by atoms with Crippen molar-refractivity contribution in [1.29, 1.82) is 0 Å². The Balaban J connectivity index is 1.59. The maximum atomic E-state index is 13.1. The largest absolute Gasteiger partial charge is 0.492 e. The molecule has 0 atom stereocenters. The molecule has 8 heteroatoms. The average Bonchev–Trinajstić information content (AvgIpc) is 3.33. The number of carboxylic acids is 1. The lowest BCUT2D eigenvalue weighted by molar-refractivity contribution is -0.113. The minimum absolute atomic E-state index is 0.200. The number of furan rings is 1. The summed E-state index contributed by atoms with van der Waals surface area (Å²) >= 11 is 6.64. The number of carboxylic acid groups (broad SMARTS) is 1. The molecule has 0 saturated carbocycles. The van der Waals surface area contributed by atoms with Gasteiger partial charge in [-0.1, -0.05) is 48.2 Å². The third-order valence-corrected chi connectivity index (χ3v) is 5.82. The van der Waals surface area contributed by atoms with E-state index in [4.69, 9.17) is 26.5 Å². The van der Waals surface area contributed by atoms with Crippen LogP contribution < -0.4 is 9.64 Å². The Morgan fingerprint density at radius 2 is 1.90 bits per heavy atom. The van der Waals surface area contributed by atoms with Crippen molar-refractivity contribution < 1.29 is 23.8 Å². The summed E-state index contributed by atoms with van der Waals surface area (Å²) < 4.78 is 11.9. The first-order valence-corrected chi connectivity index (χ1v) is 10.6. The van der Waals surface area contributed by atoms with Crippen LogP contribution in [0.1, 0.15) is 23.0 Å². The number of hydrogen-bond acceptors (Lipinski definition) is 6. The zero-order valence-corrected chi connectivity index (χ0v) is 18.0. The molecule has 1 amide bonds. The van der Waals surface area contributed by atoms with Crippen LogP contribution in [0.2, 0.25) is 0 Å². The van der Waals surface area contributed by atoms with Gasteiger partial charge in [0.25, 0.3) is 5.91 Å². The summed E-state index contributed by atoms with van der Waals surface area (Å²) in [4.78, 5) is 26.0. The van der Waals surface area contributed by atoms with Crippen molar-refractivity contribution in [1.82, 2.24) is 0 Å². The first-order chi connectivity index (χ1) is 15.0. The van der Waals surface area contributed by atoms with Crippen LogP contribution in [0, 0.1) is 0 Å². The number of aromatic carboxylic acids is 1. The van der Waals surface area contributed by atoms with Crippen molar-refractivity contribution >= 4 is 51.9 Å². The van der Waals surface area contributed by atoms with Crippen molar-refractivity contribution in [2.75, 3.05) is 11.5 Å². The van der Waals surface area contributed by atoms with E-state index in [1.807, 2.05) is 19.1 Å². The number of para-hydroxylation sites is 2. The molecule has 0 spiro atoms. The molecule has 1 fully saturated rings. The number of hydrogen-bond donors (Lipinski definition) is 1. The number of amides is 1. The topological polar surface area (TPSA) is 80.0 Å². The average molecular weight is 452 g/mol. The van der Waals surface area contributed by atoms with Crippen LogP contribution in [0.3, 0.4) is 0 Å². The number of carbonyl (C=O) groups excluding carboxylic acids is 1. The Hall–Kier alpha value is -3.36. The molecule has 0 aliphatic carbocycles. The van der Waals surface area contributed by atoms with Gasteiger partial charge in [-0.15, -0.1) is 0 Å². The predicted octanol–water partition coefficient (Wildman–Crippen LogP) is 5.45. The van der Waals surface area contributed by atoms with Crippen LogP contribution in [0.15, 0.2) is 70.0 Å². The Bertz CT molecular complexity index is 1200. The molecule has 0 bridgehead atoms. The lowest BCUT2D eigenvalue weighted by Crippen LogP contribution is -2.28. The molecule has 2 aromatic carbocycles. The molecule has 1 saturated heterocycles. The Morgan fingerprint density at radius 3 is 2.61 bits per heavy atom. The number of thioether (sulfide) groups is 1. The van der Waals surface area contributed by atoms with Gasteiger partial charge in [0.2, 0.25) is 0 Å². The minimum atomic E-state index is -0.986. The fourth-order valence-corrected chi connectivity index (χ4v) is 4.35. The molecule has 3 aromatic rings. The van der Waals surface area contributed by atoms with Crippen LogP contribution in [0.5, 0.6) is 5.75 Å². The van der Waals surface area contributed by atoms with Gasteiger partial charge in [0.1, 0.15) is 17.3 Å². The van der Waals surface area contributed by atoms with Crippen molar-refractivity contribution in [3.63, 3.8) is 0 Å². The highest BCUT2D eigenvalue weighted by atomic mass is 32.2. The van der Waals surface area contributed by atoms with Crippen LogP contribution in [-0.4, -0.2) is 27.9 Å². The summed E-state index contributed by atoms with van der Waals surface area (Å²) in [6.07, 6.45) is 1.65. The van der Waals surface area contributed by atoms with Gasteiger partial charge in [0, 0.05) is 11.6 Å². The lowest BCUT2D eigenvalue weighted by atomic mass is 10.1. The summed E-state index contributed by atoms with van der Waals surface area (Å²) in [5.41, 5.74) is 1.54. The quantitative estimate of drug-likeness (QED) is 0.394. The summed E-state index contributed by atoms with van der Waals surface area (Å²) in [7, 11) is 0. The Kier molecular flexibility index (Phi) is 5.92. The van der Waals surface area contributed by atoms with Gasteiger partial charge in [0.15, 0.2) is 4.32 Å². The number of carbonyl (C=O) groups is 2. The number of anilines is 1. The van der Waals surface area contributed by atoms with Crippen LogP contribution in [0.4, 0.5) is 5.69 Å². The zero-order chi connectivity index (χ0) is 22.0. The highest BCUT2D eigenvalue weighted by molar-refractivity contribution is 8.27. The SMILES string of the molecule is CCOc1ccccc1N1C(=O)C(=Cc2ccc(-c3ccc(C(=O)O)cc3)o2)SC1=S. The van der Waals surface area contributed by atoms with E-state index in [0.29, 0.717) is 38.8 Å². The standard InChI is InChI=1S/C23H17NO5S2/c1-2-28-19-6-4-3-5-17(19)24-21(25)20(31-23(24)30)13-16-11-12-18(29-16)14-7-9-15(10-8-14)22(26)27/h3-13H,2H2,1H3,(H,26,27). The summed E-state index contributed by atoms with van der Waals surface area (Å²) in [5, 5.41) is 9.02. The van der Waals surface area contributed by atoms with E-state index in [2.05, 4.69) is 0 Å². The molecule has 1 aliphatic rings. The molecule has 1 aliphatic heterocycles. The number of rotatable bonds is 6. The molecule has 0 radical (unpaired) electrons. The van der Waals surface area contributed by atoms with E-state index in [1.165, 1.54) is 28.8 Å². The van der Waals surface area contributed by atoms with Gasteiger partial charge < -0.3 is 14.3 Å². The fraction of sp³-hybridized carbons (Fsp3) is 0.0870. The van der Waals surface area contributed by atoms with Crippen LogP contribution >= 0.6 is 24.0 Å². The molecular formula is C23H17NO5S2. The summed E-state index contributed by atoms with van der Waals surface area (Å²) in [6, 6.07) is 17.2. The molecule has 1 aromatic heterocycles. The van der Waals surface area contributed by atoms with Gasteiger partial charge in [-0.3, -0.25) is 9.69 Å². The lowest BCUT2D eigenvalue weighted by Gasteiger charge is -2.18. The minimum Gasteiger partial charge on any atom is -0.492 e. The second-order valence-electron chi connectivity index (χ2n) is 6.50. The van der Waals surface area contributed by atoms with Crippen molar-refractivity contribution in [2.24, 2.45) is 0 Å². The van der Waals surface area contributed by atoms with Crippen molar-refractivity contribution in [2.45, 2.75) is 6.92 Å². The molecule has 2 heterocycles. The second kappa shape index (κ2) is 8.79. The van der Waals surface area contributed by atoms with Crippen LogP contribution in [0.25, 0.3) is 17.4 Å². The molecule has 6 nitrogen and oxygen atoms in total. The second-order valence-corrected chi connectivity index (χ2v) is 8.18. The molecule has 1 N–H and O–H groups in total. The third kappa shape index (κ3) is 4.26. The van der Waals surface area contributed by atoms with E-state index in [-0.39, 0.29) is 11.5 Å². The third-order valence-electron chi connectivity index (χ3n) is 4.52. The number of ether oxygens (including phenoxy) is 1. The summed E-state index contributed by atoms with van der Waals surface area (Å²) in [6.45, 7) is 2.36. The van der Waals surface area contributed by atoms with Crippen molar-refractivity contribution in [3.8, 4) is 17.1 Å². The number of nitrogens with zero attached hydrogens (tertiary/aromatic N) is 1. The van der Waals surface area contributed by atoms with Gasteiger partial charge in [-0.25, -0.2) is 4.79 Å². The number of benzene rings is 2. The van der Waals surface area contributed by atoms with E-state index >= 15 is 0 Å². The first kappa shape index (κ1) is 20.9. The maximum Gasteiger partial charge on any atom is 0.335 e. The smallest absolute Gasteiger partial charge is 0.335 e.